The summed E-state index contributed by atoms with van der Waals surface area (Å²) >= 11 is 1.39. The third-order valence-electron chi connectivity index (χ3n) is 4.92. The average Bonchev–Trinajstić information content (AvgIpc) is 3.31. The van der Waals surface area contributed by atoms with Crippen molar-refractivity contribution >= 4 is 28.7 Å². The Labute approximate surface area is 202 Å². The summed E-state index contributed by atoms with van der Waals surface area (Å²) < 4.78 is 10.9. The van der Waals surface area contributed by atoms with Gasteiger partial charge in [-0.1, -0.05) is 66.7 Å². The van der Waals surface area contributed by atoms with E-state index < -0.39 is 0 Å². The van der Waals surface area contributed by atoms with Gasteiger partial charge in [0.15, 0.2) is 0 Å². The van der Waals surface area contributed by atoms with Crippen LogP contribution >= 0.6 is 11.3 Å². The topological polar surface area (TPSA) is 72.8 Å². The normalized spacial score (nSPS) is 10.9. The maximum absolute atomic E-state index is 11.6. The van der Waals surface area contributed by atoms with E-state index in [-0.39, 0.29) is 12.4 Å². The van der Waals surface area contributed by atoms with Crippen molar-refractivity contribution in [2.45, 2.75) is 20.0 Å². The Morgan fingerprint density at radius 2 is 1.79 bits per heavy atom. The minimum absolute atomic E-state index is 0.156. The van der Waals surface area contributed by atoms with Gasteiger partial charge >= 0.3 is 5.97 Å². The molecule has 0 atom stereocenters. The fraction of sp³-hybridized carbons (Fsp3) is 0.148. The van der Waals surface area contributed by atoms with Gasteiger partial charge in [-0.2, -0.15) is 5.10 Å². The summed E-state index contributed by atoms with van der Waals surface area (Å²) in [7, 11) is 0. The lowest BCUT2D eigenvalue weighted by molar-refractivity contribution is -0.142. The summed E-state index contributed by atoms with van der Waals surface area (Å²) in [6.07, 6.45) is 1.92. The molecule has 0 radical (unpaired) electrons. The van der Waals surface area contributed by atoms with Gasteiger partial charge < -0.3 is 9.47 Å². The highest BCUT2D eigenvalue weighted by Gasteiger charge is 2.08. The number of anilines is 1. The van der Waals surface area contributed by atoms with E-state index in [1.165, 1.54) is 11.3 Å². The zero-order valence-electron chi connectivity index (χ0n) is 18.8. The molecule has 0 unspecified atom stereocenters. The van der Waals surface area contributed by atoms with Gasteiger partial charge in [0.25, 0.3) is 0 Å². The lowest BCUT2D eigenvalue weighted by Crippen LogP contribution is -2.07. The molecule has 0 fully saturated rings. The maximum atomic E-state index is 11.6. The van der Waals surface area contributed by atoms with Gasteiger partial charge in [-0.05, 0) is 35.7 Å². The van der Waals surface area contributed by atoms with Crippen molar-refractivity contribution in [3.8, 4) is 16.9 Å². The predicted molar refractivity (Wildman–Crippen MR) is 136 cm³/mol. The summed E-state index contributed by atoms with van der Waals surface area (Å²) in [5.74, 6) is 0.538. The van der Waals surface area contributed by atoms with Crippen LogP contribution in [0, 0.1) is 0 Å². The van der Waals surface area contributed by atoms with Crippen molar-refractivity contribution in [1.29, 1.82) is 0 Å². The molecule has 1 aromatic heterocycles. The number of nitrogens with one attached hydrogen (secondary N) is 1. The first kappa shape index (κ1) is 23.2. The van der Waals surface area contributed by atoms with Crippen LogP contribution < -0.4 is 10.2 Å². The van der Waals surface area contributed by atoms with Crippen molar-refractivity contribution in [3.63, 3.8) is 0 Å². The van der Waals surface area contributed by atoms with E-state index in [1.807, 2.05) is 78.2 Å². The van der Waals surface area contributed by atoms with E-state index in [0.717, 1.165) is 28.0 Å². The van der Waals surface area contributed by atoms with Crippen molar-refractivity contribution in [2.24, 2.45) is 5.10 Å². The molecule has 4 aromatic rings. The summed E-state index contributed by atoms with van der Waals surface area (Å²) in [5.41, 5.74) is 7.84. The number of rotatable bonds is 10. The second kappa shape index (κ2) is 11.8. The highest BCUT2D eigenvalue weighted by atomic mass is 32.1. The Bertz CT molecular complexity index is 1240. The summed E-state index contributed by atoms with van der Waals surface area (Å²) in [6, 6.07) is 26.2. The minimum Gasteiger partial charge on any atom is -0.489 e. The van der Waals surface area contributed by atoms with Crippen molar-refractivity contribution < 1.29 is 14.3 Å². The van der Waals surface area contributed by atoms with Gasteiger partial charge in [0.1, 0.15) is 12.4 Å². The van der Waals surface area contributed by atoms with E-state index in [4.69, 9.17) is 9.47 Å². The molecule has 6 nitrogen and oxygen atoms in total. The van der Waals surface area contributed by atoms with Crippen LogP contribution in [0.2, 0.25) is 0 Å². The van der Waals surface area contributed by atoms with Crippen LogP contribution in [0.5, 0.6) is 5.75 Å². The lowest BCUT2D eigenvalue weighted by atomic mass is 10.0. The average molecular weight is 472 g/mol. The molecule has 0 saturated heterocycles. The Balaban J connectivity index is 1.38. The van der Waals surface area contributed by atoms with Gasteiger partial charge in [-0.3, -0.25) is 10.2 Å². The maximum Gasteiger partial charge on any atom is 0.311 e. The predicted octanol–water partition coefficient (Wildman–Crippen LogP) is 5.94. The number of carbonyl (C=O) groups is 1. The molecule has 172 valence electrons. The third kappa shape index (κ3) is 6.52. The number of hydrazone groups is 1. The van der Waals surface area contributed by atoms with E-state index >= 15 is 0 Å². The molecular weight excluding hydrogens is 446 g/mol. The Kier molecular flexibility index (Phi) is 8.03. The molecule has 0 aliphatic rings. The van der Waals surface area contributed by atoms with Crippen molar-refractivity contribution in [3.05, 3.63) is 101 Å². The Hall–Kier alpha value is -3.97. The molecule has 1 N–H and O–H groups in total. The molecule has 7 heteroatoms. The van der Waals surface area contributed by atoms with Crippen LogP contribution in [0.4, 0.5) is 5.13 Å². The molecule has 0 amide bonds. The van der Waals surface area contributed by atoms with Crippen LogP contribution in [0.15, 0.2) is 89.3 Å². The van der Waals surface area contributed by atoms with Crippen LogP contribution in [-0.4, -0.2) is 23.8 Å². The van der Waals surface area contributed by atoms with E-state index in [0.29, 0.717) is 24.0 Å². The molecule has 3 aromatic carbocycles. The van der Waals surface area contributed by atoms with Gasteiger partial charge in [0, 0.05) is 10.9 Å². The molecule has 1 heterocycles. The minimum atomic E-state index is -0.284. The fourth-order valence-electron chi connectivity index (χ4n) is 3.30. The number of thiazole rings is 1. The number of carbonyl (C=O) groups excluding carboxylic acids is 1. The zero-order valence-corrected chi connectivity index (χ0v) is 19.6. The standard InChI is InChI=1S/C27H25N3O3S/c1-2-32-26(31)16-23-19-34-27(29-23)30-28-17-22-10-6-7-11-25(22)21-12-14-24(15-13-21)33-18-20-8-4-3-5-9-20/h3-15,17,19H,2,16,18H2,1H3,(H,29,30). The van der Waals surface area contributed by atoms with Gasteiger partial charge in [-0.25, -0.2) is 4.98 Å². The van der Waals surface area contributed by atoms with Crippen molar-refractivity contribution in [2.75, 3.05) is 12.0 Å². The summed E-state index contributed by atoms with van der Waals surface area (Å²) in [5, 5.41) is 6.78. The number of ether oxygens (including phenoxy) is 2. The summed E-state index contributed by atoms with van der Waals surface area (Å²) in [4.78, 5) is 16.0. The van der Waals surface area contributed by atoms with E-state index in [2.05, 4.69) is 21.6 Å². The number of esters is 1. The van der Waals surface area contributed by atoms with Gasteiger partial charge in [-0.15, -0.1) is 11.3 Å². The first-order valence-electron chi connectivity index (χ1n) is 11.0. The van der Waals surface area contributed by atoms with Crippen molar-refractivity contribution in [1.82, 2.24) is 4.98 Å². The highest BCUT2D eigenvalue weighted by molar-refractivity contribution is 7.13. The van der Waals surface area contributed by atoms with Gasteiger partial charge in [0.05, 0.1) is 24.9 Å². The molecular formula is C27H25N3O3S. The highest BCUT2D eigenvalue weighted by Crippen LogP contribution is 2.25. The largest absolute Gasteiger partial charge is 0.489 e. The third-order valence-corrected chi connectivity index (χ3v) is 5.72. The smallest absolute Gasteiger partial charge is 0.311 e. The first-order chi connectivity index (χ1) is 16.7. The van der Waals surface area contributed by atoms with E-state index in [1.54, 1.807) is 13.1 Å². The van der Waals surface area contributed by atoms with Crippen LogP contribution in [0.25, 0.3) is 11.1 Å². The first-order valence-corrected chi connectivity index (χ1v) is 11.8. The van der Waals surface area contributed by atoms with Crippen LogP contribution in [0.1, 0.15) is 23.7 Å². The lowest BCUT2D eigenvalue weighted by Gasteiger charge is -2.09. The Morgan fingerprint density at radius 1 is 1.03 bits per heavy atom. The molecule has 0 aliphatic carbocycles. The van der Waals surface area contributed by atoms with Crippen LogP contribution in [0.3, 0.4) is 0 Å². The molecule has 0 saturated carbocycles. The Morgan fingerprint density at radius 3 is 2.59 bits per heavy atom. The molecule has 34 heavy (non-hydrogen) atoms. The fourth-order valence-corrected chi connectivity index (χ4v) is 3.96. The second-order valence-electron chi connectivity index (χ2n) is 7.38. The number of aromatic nitrogens is 1. The van der Waals surface area contributed by atoms with E-state index in [9.17, 15) is 4.79 Å². The zero-order chi connectivity index (χ0) is 23.6. The number of hydrogen-bond acceptors (Lipinski definition) is 7. The van der Waals surface area contributed by atoms with Crippen LogP contribution in [-0.2, 0) is 22.6 Å². The molecule has 0 spiro atoms. The number of hydrogen-bond donors (Lipinski definition) is 1. The van der Waals surface area contributed by atoms with Gasteiger partial charge in [0.2, 0.25) is 5.13 Å². The SMILES string of the molecule is CCOC(=O)Cc1csc(NN=Cc2ccccc2-c2ccc(OCc3ccccc3)cc2)n1. The monoisotopic (exact) mass is 471 g/mol. The second-order valence-corrected chi connectivity index (χ2v) is 8.24. The summed E-state index contributed by atoms with van der Waals surface area (Å²) in [6.45, 7) is 2.68. The number of nitrogens with zero attached hydrogens (tertiary/aromatic N) is 2. The molecule has 0 bridgehead atoms. The quantitative estimate of drug-likeness (QED) is 0.176. The molecule has 4 rings (SSSR count). The number of benzene rings is 3. The molecule has 0 aliphatic heterocycles.